The zero-order valence-corrected chi connectivity index (χ0v) is 11.5. The number of hydrogen-bond donors (Lipinski definition) is 1. The lowest BCUT2D eigenvalue weighted by Gasteiger charge is -2.27. The smallest absolute Gasteiger partial charge is 0.331 e. The van der Waals surface area contributed by atoms with Crippen molar-refractivity contribution in [1.82, 2.24) is 4.90 Å². The SMILES string of the molecule is Cc1cc(C)c(C(C(=O)O)N(C=O)C2CC2)cc1C. The van der Waals surface area contributed by atoms with Gasteiger partial charge in [-0.1, -0.05) is 12.1 Å². The van der Waals surface area contributed by atoms with Crippen molar-refractivity contribution in [1.29, 1.82) is 0 Å². The highest BCUT2D eigenvalue weighted by atomic mass is 16.4. The van der Waals surface area contributed by atoms with Crippen molar-refractivity contribution in [3.05, 3.63) is 34.4 Å². The number of amides is 1. The number of aryl methyl sites for hydroxylation is 3. The second kappa shape index (κ2) is 5.03. The van der Waals surface area contributed by atoms with E-state index >= 15 is 0 Å². The first kappa shape index (κ1) is 13.6. The Morgan fingerprint density at radius 1 is 1.26 bits per heavy atom. The van der Waals surface area contributed by atoms with Crippen LogP contribution in [0.5, 0.6) is 0 Å². The summed E-state index contributed by atoms with van der Waals surface area (Å²) in [6, 6.07) is 3.09. The predicted molar refractivity (Wildman–Crippen MR) is 72.0 cm³/mol. The minimum atomic E-state index is -0.967. The Kier molecular flexibility index (Phi) is 3.60. The van der Waals surface area contributed by atoms with Gasteiger partial charge >= 0.3 is 5.97 Å². The predicted octanol–water partition coefficient (Wildman–Crippen LogP) is 2.36. The van der Waals surface area contributed by atoms with E-state index in [1.54, 1.807) is 0 Å². The molecule has 1 N–H and O–H groups in total. The van der Waals surface area contributed by atoms with Crippen LogP contribution in [0, 0.1) is 20.8 Å². The van der Waals surface area contributed by atoms with Gasteiger partial charge in [0.15, 0.2) is 6.04 Å². The molecule has 1 atom stereocenters. The van der Waals surface area contributed by atoms with Crippen LogP contribution in [-0.2, 0) is 9.59 Å². The first-order chi connectivity index (χ1) is 8.95. The van der Waals surface area contributed by atoms with Crippen LogP contribution in [0.2, 0.25) is 0 Å². The molecule has 0 spiro atoms. The Hall–Kier alpha value is -1.84. The van der Waals surface area contributed by atoms with Crippen molar-refractivity contribution in [3.8, 4) is 0 Å². The second-order valence-electron chi connectivity index (χ2n) is 5.32. The first-order valence-electron chi connectivity index (χ1n) is 6.49. The summed E-state index contributed by atoms with van der Waals surface area (Å²) in [6.07, 6.45) is 2.46. The van der Waals surface area contributed by atoms with Crippen LogP contribution in [-0.4, -0.2) is 28.4 Å². The Balaban J connectivity index is 2.46. The van der Waals surface area contributed by atoms with Gasteiger partial charge in [-0.3, -0.25) is 4.79 Å². The van der Waals surface area contributed by atoms with Crippen LogP contribution in [0.3, 0.4) is 0 Å². The van der Waals surface area contributed by atoms with Gasteiger partial charge in [0.25, 0.3) is 0 Å². The second-order valence-corrected chi connectivity index (χ2v) is 5.32. The molecule has 19 heavy (non-hydrogen) atoms. The molecule has 0 radical (unpaired) electrons. The molecule has 0 bridgehead atoms. The summed E-state index contributed by atoms with van der Waals surface area (Å²) in [5, 5.41) is 9.49. The van der Waals surface area contributed by atoms with Crippen LogP contribution in [0.15, 0.2) is 12.1 Å². The molecule has 2 rings (SSSR count). The molecule has 4 nitrogen and oxygen atoms in total. The summed E-state index contributed by atoms with van der Waals surface area (Å²) in [5.41, 5.74) is 3.82. The Labute approximate surface area is 113 Å². The molecule has 1 unspecified atom stereocenters. The highest BCUT2D eigenvalue weighted by Gasteiger charge is 2.38. The molecule has 1 aliphatic carbocycles. The number of carboxylic acid groups (broad SMARTS) is 1. The quantitative estimate of drug-likeness (QED) is 0.828. The lowest BCUT2D eigenvalue weighted by atomic mass is 9.95. The maximum Gasteiger partial charge on any atom is 0.331 e. The highest BCUT2D eigenvalue weighted by Crippen LogP contribution is 2.35. The number of rotatable bonds is 5. The van der Waals surface area contributed by atoms with Gasteiger partial charge in [-0.2, -0.15) is 0 Å². The normalized spacial score (nSPS) is 15.9. The van der Waals surface area contributed by atoms with Crippen LogP contribution in [0.4, 0.5) is 0 Å². The van der Waals surface area contributed by atoms with E-state index in [4.69, 9.17) is 0 Å². The Morgan fingerprint density at radius 3 is 2.32 bits per heavy atom. The zero-order valence-electron chi connectivity index (χ0n) is 11.5. The number of hydrogen-bond acceptors (Lipinski definition) is 2. The monoisotopic (exact) mass is 261 g/mol. The Bertz CT molecular complexity index is 520. The maximum atomic E-state index is 11.6. The minimum absolute atomic E-state index is 0.0830. The van der Waals surface area contributed by atoms with E-state index in [9.17, 15) is 14.7 Å². The summed E-state index contributed by atoms with van der Waals surface area (Å²) >= 11 is 0. The van der Waals surface area contributed by atoms with Crippen LogP contribution >= 0.6 is 0 Å². The third kappa shape index (κ3) is 2.62. The zero-order chi connectivity index (χ0) is 14.2. The minimum Gasteiger partial charge on any atom is -0.479 e. The molecule has 1 saturated carbocycles. The van der Waals surface area contributed by atoms with Crippen molar-refractivity contribution in [2.45, 2.75) is 45.7 Å². The number of nitrogens with zero attached hydrogens (tertiary/aromatic N) is 1. The fourth-order valence-corrected chi connectivity index (χ4v) is 2.43. The fourth-order valence-electron chi connectivity index (χ4n) is 2.43. The van der Waals surface area contributed by atoms with E-state index in [0.717, 1.165) is 35.1 Å². The lowest BCUT2D eigenvalue weighted by molar-refractivity contribution is -0.147. The van der Waals surface area contributed by atoms with E-state index in [1.807, 2.05) is 32.9 Å². The number of carbonyl (C=O) groups is 2. The molecule has 0 aromatic heterocycles. The van der Waals surface area contributed by atoms with Crippen molar-refractivity contribution in [3.63, 3.8) is 0 Å². The van der Waals surface area contributed by atoms with Crippen LogP contribution in [0.1, 0.15) is 41.1 Å². The highest BCUT2D eigenvalue weighted by molar-refractivity contribution is 5.79. The standard InChI is InChI=1S/C15H19NO3/c1-9-6-11(3)13(7-10(9)2)14(15(18)19)16(8-17)12-4-5-12/h6-8,12,14H,4-5H2,1-3H3,(H,18,19). The third-order valence-corrected chi connectivity index (χ3v) is 3.80. The molecule has 0 heterocycles. The van der Waals surface area contributed by atoms with Crippen LogP contribution < -0.4 is 0 Å². The number of carbonyl (C=O) groups excluding carboxylic acids is 1. The molecule has 1 aliphatic rings. The van der Waals surface area contributed by atoms with Gasteiger partial charge in [0.05, 0.1) is 0 Å². The molecular weight excluding hydrogens is 242 g/mol. The van der Waals surface area contributed by atoms with Crippen molar-refractivity contribution in [2.75, 3.05) is 0 Å². The molecule has 102 valence electrons. The van der Waals surface area contributed by atoms with Gasteiger partial charge in [0, 0.05) is 6.04 Å². The molecule has 1 amide bonds. The summed E-state index contributed by atoms with van der Waals surface area (Å²) in [5.74, 6) is -0.967. The van der Waals surface area contributed by atoms with Gasteiger partial charge in [-0.25, -0.2) is 4.79 Å². The van der Waals surface area contributed by atoms with E-state index in [0.29, 0.717) is 6.41 Å². The van der Waals surface area contributed by atoms with E-state index in [2.05, 4.69) is 0 Å². The van der Waals surface area contributed by atoms with Crippen molar-refractivity contribution in [2.24, 2.45) is 0 Å². The summed E-state index contributed by atoms with van der Waals surface area (Å²) in [4.78, 5) is 24.3. The third-order valence-electron chi connectivity index (χ3n) is 3.80. The topological polar surface area (TPSA) is 57.6 Å². The van der Waals surface area contributed by atoms with E-state index < -0.39 is 12.0 Å². The lowest BCUT2D eigenvalue weighted by Crippen LogP contribution is -2.35. The van der Waals surface area contributed by atoms with Gasteiger partial charge in [0.1, 0.15) is 0 Å². The number of carboxylic acids is 1. The molecule has 0 aliphatic heterocycles. The van der Waals surface area contributed by atoms with Gasteiger partial charge in [0.2, 0.25) is 6.41 Å². The molecule has 1 fully saturated rings. The fraction of sp³-hybridized carbons (Fsp3) is 0.467. The summed E-state index contributed by atoms with van der Waals surface area (Å²) in [6.45, 7) is 5.85. The molecule has 4 heteroatoms. The molecule has 1 aromatic carbocycles. The first-order valence-corrected chi connectivity index (χ1v) is 6.49. The molecule has 0 saturated heterocycles. The molecule has 1 aromatic rings. The van der Waals surface area contributed by atoms with Crippen LogP contribution in [0.25, 0.3) is 0 Å². The molecular formula is C15H19NO3. The average molecular weight is 261 g/mol. The van der Waals surface area contributed by atoms with E-state index in [1.165, 1.54) is 4.90 Å². The average Bonchev–Trinajstić information content (AvgIpc) is 3.15. The Morgan fingerprint density at radius 2 is 1.84 bits per heavy atom. The van der Waals surface area contributed by atoms with Crippen molar-refractivity contribution < 1.29 is 14.7 Å². The summed E-state index contributed by atoms with van der Waals surface area (Å²) in [7, 11) is 0. The van der Waals surface area contributed by atoms with E-state index in [-0.39, 0.29) is 6.04 Å². The number of aliphatic carboxylic acids is 1. The van der Waals surface area contributed by atoms with Gasteiger partial charge < -0.3 is 10.0 Å². The van der Waals surface area contributed by atoms with Gasteiger partial charge in [-0.15, -0.1) is 0 Å². The number of benzene rings is 1. The maximum absolute atomic E-state index is 11.6. The largest absolute Gasteiger partial charge is 0.479 e. The van der Waals surface area contributed by atoms with Gasteiger partial charge in [-0.05, 0) is 55.9 Å². The van der Waals surface area contributed by atoms with Crippen molar-refractivity contribution >= 4 is 12.4 Å². The summed E-state index contributed by atoms with van der Waals surface area (Å²) < 4.78 is 0.